The lowest BCUT2D eigenvalue weighted by molar-refractivity contribution is -0.00306. The highest BCUT2D eigenvalue weighted by Gasteiger charge is 2.32. The fraction of sp³-hybridized carbons (Fsp3) is 0.875. The third-order valence-electron chi connectivity index (χ3n) is 1.63. The van der Waals surface area contributed by atoms with E-state index < -0.39 is 11.6 Å². The normalized spacial score (nSPS) is 11.4. The van der Waals surface area contributed by atoms with Gasteiger partial charge in [-0.15, -0.1) is 0 Å². The van der Waals surface area contributed by atoms with Crippen LogP contribution in [0.25, 0.3) is 0 Å². The molecule has 0 aromatic rings. The third-order valence-corrected chi connectivity index (χ3v) is 1.63. The summed E-state index contributed by atoms with van der Waals surface area (Å²) in [4.78, 5) is 10.6. The van der Waals surface area contributed by atoms with Crippen molar-refractivity contribution in [1.29, 1.82) is 0 Å². The Morgan fingerprint density at radius 2 is 1.50 bits per heavy atom. The van der Waals surface area contributed by atoms with Gasteiger partial charge in [0.05, 0.1) is 19.8 Å². The number of hydrogen-bond donors (Lipinski definition) is 2. The standard InChI is InChI=1S/C8H17NO5/c1-12-4-8(5-13-2,6-14-3)9-7(10)11/h9H,4-6H2,1-3H3,(H,10,11). The van der Waals surface area contributed by atoms with Crippen molar-refractivity contribution < 1.29 is 24.1 Å². The first-order valence-corrected chi connectivity index (χ1v) is 4.08. The monoisotopic (exact) mass is 207 g/mol. The zero-order valence-corrected chi connectivity index (χ0v) is 8.70. The molecule has 2 N–H and O–H groups in total. The molecule has 84 valence electrons. The summed E-state index contributed by atoms with van der Waals surface area (Å²) in [5, 5.41) is 11.0. The molecule has 0 spiro atoms. The van der Waals surface area contributed by atoms with Gasteiger partial charge in [0.1, 0.15) is 5.54 Å². The number of nitrogens with one attached hydrogen (secondary N) is 1. The van der Waals surface area contributed by atoms with E-state index in [1.54, 1.807) is 0 Å². The van der Waals surface area contributed by atoms with Crippen LogP contribution in [0, 0.1) is 0 Å². The average molecular weight is 207 g/mol. The summed E-state index contributed by atoms with van der Waals surface area (Å²) in [6.45, 7) is 0.586. The smallest absolute Gasteiger partial charge is 0.405 e. The van der Waals surface area contributed by atoms with Gasteiger partial charge in [-0.25, -0.2) is 4.79 Å². The van der Waals surface area contributed by atoms with Crippen molar-refractivity contribution in [3.05, 3.63) is 0 Å². The number of hydrogen-bond acceptors (Lipinski definition) is 4. The lowest BCUT2D eigenvalue weighted by Crippen LogP contribution is -2.57. The Labute approximate surface area is 83.1 Å². The van der Waals surface area contributed by atoms with Crippen LogP contribution >= 0.6 is 0 Å². The van der Waals surface area contributed by atoms with Crippen molar-refractivity contribution in [1.82, 2.24) is 5.32 Å². The molecule has 0 atom stereocenters. The topological polar surface area (TPSA) is 77.0 Å². The Morgan fingerprint density at radius 1 is 1.14 bits per heavy atom. The fourth-order valence-electron chi connectivity index (χ4n) is 1.29. The molecule has 0 aliphatic rings. The minimum absolute atomic E-state index is 0.195. The second-order valence-corrected chi connectivity index (χ2v) is 3.01. The number of ether oxygens (including phenoxy) is 3. The Balaban J connectivity index is 4.45. The Morgan fingerprint density at radius 3 is 1.71 bits per heavy atom. The van der Waals surface area contributed by atoms with Gasteiger partial charge in [-0.3, -0.25) is 0 Å². The van der Waals surface area contributed by atoms with Crippen LogP contribution in [0.2, 0.25) is 0 Å². The van der Waals surface area contributed by atoms with Gasteiger partial charge in [-0.2, -0.15) is 0 Å². The largest absolute Gasteiger partial charge is 0.465 e. The zero-order chi connectivity index (χ0) is 11.0. The number of carbonyl (C=O) groups is 1. The van der Waals surface area contributed by atoms with Crippen LogP contribution in [0.15, 0.2) is 0 Å². The lowest BCUT2D eigenvalue weighted by atomic mass is 10.0. The maximum Gasteiger partial charge on any atom is 0.405 e. The van der Waals surface area contributed by atoms with E-state index in [0.717, 1.165) is 0 Å². The van der Waals surface area contributed by atoms with Crippen molar-refractivity contribution in [2.75, 3.05) is 41.2 Å². The van der Waals surface area contributed by atoms with E-state index in [0.29, 0.717) is 0 Å². The SMILES string of the molecule is COCC(COC)(COC)NC(=O)O. The van der Waals surface area contributed by atoms with Crippen LogP contribution in [-0.2, 0) is 14.2 Å². The molecule has 6 heteroatoms. The van der Waals surface area contributed by atoms with Gasteiger partial charge in [-0.05, 0) is 0 Å². The quantitative estimate of drug-likeness (QED) is 0.611. The highest BCUT2D eigenvalue weighted by Crippen LogP contribution is 2.07. The molecule has 0 bridgehead atoms. The van der Waals surface area contributed by atoms with Crippen LogP contribution in [0.3, 0.4) is 0 Å². The molecule has 1 amide bonds. The van der Waals surface area contributed by atoms with Gasteiger partial charge >= 0.3 is 6.09 Å². The van der Waals surface area contributed by atoms with Crippen LogP contribution < -0.4 is 5.32 Å². The Hall–Kier alpha value is -0.850. The third kappa shape index (κ3) is 4.40. The number of carboxylic acid groups (broad SMARTS) is 1. The van der Waals surface area contributed by atoms with Gasteiger partial charge in [0.25, 0.3) is 0 Å². The van der Waals surface area contributed by atoms with Crippen LogP contribution in [0.4, 0.5) is 4.79 Å². The maximum absolute atomic E-state index is 10.6. The highest BCUT2D eigenvalue weighted by atomic mass is 16.5. The predicted molar refractivity (Wildman–Crippen MR) is 49.5 cm³/mol. The van der Waals surface area contributed by atoms with Crippen LogP contribution in [-0.4, -0.2) is 57.9 Å². The molecule has 0 radical (unpaired) electrons. The molecule has 0 unspecified atom stereocenters. The first-order valence-electron chi connectivity index (χ1n) is 4.08. The molecule has 0 saturated carbocycles. The average Bonchev–Trinajstić information content (AvgIpc) is 2.03. The van der Waals surface area contributed by atoms with E-state index in [9.17, 15) is 4.79 Å². The molecule has 6 nitrogen and oxygen atoms in total. The predicted octanol–water partition coefficient (Wildman–Crippen LogP) is -0.0680. The Kier molecular flexibility index (Phi) is 6.18. The summed E-state index contributed by atoms with van der Waals surface area (Å²) in [5.41, 5.74) is -0.843. The zero-order valence-electron chi connectivity index (χ0n) is 8.70. The minimum atomic E-state index is -1.13. The van der Waals surface area contributed by atoms with E-state index in [4.69, 9.17) is 19.3 Å². The van der Waals surface area contributed by atoms with Gasteiger partial charge < -0.3 is 24.6 Å². The molecule has 0 aliphatic carbocycles. The van der Waals surface area contributed by atoms with Crippen molar-refractivity contribution in [3.63, 3.8) is 0 Å². The number of rotatable bonds is 7. The summed E-state index contributed by atoms with van der Waals surface area (Å²) in [6.07, 6.45) is -1.13. The minimum Gasteiger partial charge on any atom is -0.465 e. The lowest BCUT2D eigenvalue weighted by Gasteiger charge is -2.31. The van der Waals surface area contributed by atoms with Crippen molar-refractivity contribution in [2.24, 2.45) is 0 Å². The van der Waals surface area contributed by atoms with E-state index in [-0.39, 0.29) is 19.8 Å². The van der Waals surface area contributed by atoms with E-state index in [1.807, 2.05) is 0 Å². The van der Waals surface area contributed by atoms with Crippen LogP contribution in [0.5, 0.6) is 0 Å². The second-order valence-electron chi connectivity index (χ2n) is 3.01. The van der Waals surface area contributed by atoms with Gasteiger partial charge in [0.2, 0.25) is 0 Å². The van der Waals surface area contributed by atoms with Gasteiger partial charge in [0, 0.05) is 21.3 Å². The number of amides is 1. The molecule has 0 heterocycles. The molecular weight excluding hydrogens is 190 g/mol. The molecule has 0 aromatic heterocycles. The van der Waals surface area contributed by atoms with E-state index in [2.05, 4.69) is 5.32 Å². The van der Waals surface area contributed by atoms with Gasteiger partial charge in [-0.1, -0.05) is 0 Å². The van der Waals surface area contributed by atoms with Gasteiger partial charge in [0.15, 0.2) is 0 Å². The fourth-order valence-corrected chi connectivity index (χ4v) is 1.29. The molecular formula is C8H17NO5. The molecule has 0 saturated heterocycles. The molecule has 0 aliphatic heterocycles. The Bertz CT molecular complexity index is 156. The summed E-state index contributed by atoms with van der Waals surface area (Å²) in [5.74, 6) is 0. The van der Waals surface area contributed by atoms with E-state index in [1.165, 1.54) is 21.3 Å². The second kappa shape index (κ2) is 6.58. The first kappa shape index (κ1) is 13.2. The van der Waals surface area contributed by atoms with Crippen molar-refractivity contribution >= 4 is 6.09 Å². The maximum atomic E-state index is 10.6. The summed E-state index contributed by atoms with van der Waals surface area (Å²) >= 11 is 0. The molecule has 0 fully saturated rings. The number of methoxy groups -OCH3 is 3. The highest BCUT2D eigenvalue weighted by molar-refractivity contribution is 5.65. The summed E-state index contributed by atoms with van der Waals surface area (Å²) in [6, 6.07) is 0. The molecule has 0 aromatic carbocycles. The first-order chi connectivity index (χ1) is 6.60. The molecule has 0 rings (SSSR count). The van der Waals surface area contributed by atoms with Crippen molar-refractivity contribution in [2.45, 2.75) is 5.54 Å². The van der Waals surface area contributed by atoms with Crippen LogP contribution in [0.1, 0.15) is 0 Å². The van der Waals surface area contributed by atoms with E-state index >= 15 is 0 Å². The molecule has 14 heavy (non-hydrogen) atoms. The summed E-state index contributed by atoms with van der Waals surface area (Å²) in [7, 11) is 4.47. The van der Waals surface area contributed by atoms with Crippen molar-refractivity contribution in [3.8, 4) is 0 Å². The summed E-state index contributed by atoms with van der Waals surface area (Å²) < 4.78 is 14.8.